The SMILES string of the molecule is O=C(O)C(CC(=O)N1CC[C@H]2CCCC[C@@H]21)Cc1ccccc1. The second-order valence-corrected chi connectivity index (χ2v) is 6.92. The van der Waals surface area contributed by atoms with E-state index < -0.39 is 11.9 Å². The number of hydrogen-bond acceptors (Lipinski definition) is 2. The lowest BCUT2D eigenvalue weighted by atomic mass is 9.85. The van der Waals surface area contributed by atoms with E-state index in [1.807, 2.05) is 35.2 Å². The number of nitrogens with zero attached hydrogens (tertiary/aromatic N) is 1. The van der Waals surface area contributed by atoms with Crippen molar-refractivity contribution in [3.8, 4) is 0 Å². The van der Waals surface area contributed by atoms with Crippen molar-refractivity contribution in [2.45, 2.75) is 51.0 Å². The minimum Gasteiger partial charge on any atom is -0.481 e. The summed E-state index contributed by atoms with van der Waals surface area (Å²) in [5.74, 6) is -0.832. The van der Waals surface area contributed by atoms with E-state index in [1.54, 1.807) is 0 Å². The highest BCUT2D eigenvalue weighted by Gasteiger charge is 2.39. The fourth-order valence-corrected chi connectivity index (χ4v) is 4.19. The van der Waals surface area contributed by atoms with Crippen LogP contribution in [0.3, 0.4) is 0 Å². The second kappa shape index (κ2) is 7.16. The first-order valence-electron chi connectivity index (χ1n) is 8.71. The second-order valence-electron chi connectivity index (χ2n) is 6.92. The van der Waals surface area contributed by atoms with E-state index >= 15 is 0 Å². The number of fused-ring (bicyclic) bond motifs is 1. The molecule has 4 heteroatoms. The van der Waals surface area contributed by atoms with Gasteiger partial charge in [-0.1, -0.05) is 43.2 Å². The molecule has 124 valence electrons. The lowest BCUT2D eigenvalue weighted by Crippen LogP contribution is -2.40. The summed E-state index contributed by atoms with van der Waals surface area (Å²) in [6.07, 6.45) is 6.41. The fraction of sp³-hybridized carbons (Fsp3) is 0.579. The quantitative estimate of drug-likeness (QED) is 0.908. The van der Waals surface area contributed by atoms with Gasteiger partial charge in [0, 0.05) is 19.0 Å². The molecule has 2 aliphatic rings. The topological polar surface area (TPSA) is 57.6 Å². The molecule has 1 aromatic carbocycles. The summed E-state index contributed by atoms with van der Waals surface area (Å²) in [7, 11) is 0. The molecule has 23 heavy (non-hydrogen) atoms. The van der Waals surface area contributed by atoms with Gasteiger partial charge < -0.3 is 10.0 Å². The summed E-state index contributed by atoms with van der Waals surface area (Å²) in [6, 6.07) is 9.94. The van der Waals surface area contributed by atoms with Crippen LogP contribution in [-0.2, 0) is 16.0 Å². The summed E-state index contributed by atoms with van der Waals surface area (Å²) in [6.45, 7) is 0.811. The van der Waals surface area contributed by atoms with Gasteiger partial charge in [-0.3, -0.25) is 9.59 Å². The van der Waals surface area contributed by atoms with Crippen LogP contribution in [0.25, 0.3) is 0 Å². The Kier molecular flexibility index (Phi) is 4.99. The molecule has 1 N–H and O–H groups in total. The van der Waals surface area contributed by atoms with E-state index in [1.165, 1.54) is 19.3 Å². The smallest absolute Gasteiger partial charge is 0.307 e. The van der Waals surface area contributed by atoms with Crippen molar-refractivity contribution in [2.24, 2.45) is 11.8 Å². The lowest BCUT2D eigenvalue weighted by Gasteiger charge is -2.32. The Morgan fingerprint density at radius 2 is 1.87 bits per heavy atom. The molecule has 0 aromatic heterocycles. The zero-order chi connectivity index (χ0) is 16.2. The van der Waals surface area contributed by atoms with Gasteiger partial charge in [-0.15, -0.1) is 0 Å². The number of likely N-dealkylation sites (tertiary alicyclic amines) is 1. The number of carboxylic acids is 1. The van der Waals surface area contributed by atoms with Gasteiger partial charge in [-0.2, -0.15) is 0 Å². The van der Waals surface area contributed by atoms with Crippen molar-refractivity contribution in [3.63, 3.8) is 0 Å². The Morgan fingerprint density at radius 3 is 2.61 bits per heavy atom. The molecule has 1 aliphatic carbocycles. The van der Waals surface area contributed by atoms with Gasteiger partial charge >= 0.3 is 5.97 Å². The third-order valence-corrected chi connectivity index (χ3v) is 5.43. The summed E-state index contributed by atoms with van der Waals surface area (Å²) in [4.78, 5) is 26.2. The molecule has 1 saturated carbocycles. The Morgan fingerprint density at radius 1 is 1.13 bits per heavy atom. The van der Waals surface area contributed by atoms with Crippen LogP contribution in [0.15, 0.2) is 30.3 Å². The summed E-state index contributed by atoms with van der Waals surface area (Å²) in [5.41, 5.74) is 0.977. The van der Waals surface area contributed by atoms with Gasteiger partial charge in [0.2, 0.25) is 5.91 Å². The van der Waals surface area contributed by atoms with Crippen LogP contribution in [0.4, 0.5) is 0 Å². The van der Waals surface area contributed by atoms with Crippen molar-refractivity contribution < 1.29 is 14.7 Å². The van der Waals surface area contributed by atoms with Crippen LogP contribution in [0.2, 0.25) is 0 Å². The Balaban J connectivity index is 1.63. The predicted molar refractivity (Wildman–Crippen MR) is 88.0 cm³/mol. The van der Waals surface area contributed by atoms with Gasteiger partial charge in [0.25, 0.3) is 0 Å². The maximum absolute atomic E-state index is 12.7. The standard InChI is InChI=1S/C19H25NO3/c21-18(20-11-10-15-8-4-5-9-17(15)20)13-16(19(22)23)12-14-6-2-1-3-7-14/h1-3,6-7,15-17H,4-5,8-13H2,(H,22,23)/t15-,16?,17+/m1/s1. The number of benzene rings is 1. The minimum atomic E-state index is -0.874. The number of amides is 1. The zero-order valence-corrected chi connectivity index (χ0v) is 13.5. The molecule has 0 bridgehead atoms. The predicted octanol–water partition coefficient (Wildman–Crippen LogP) is 3.11. The molecule has 1 unspecified atom stereocenters. The summed E-state index contributed by atoms with van der Waals surface area (Å²) < 4.78 is 0. The lowest BCUT2D eigenvalue weighted by molar-refractivity contribution is -0.146. The first-order valence-corrected chi connectivity index (χ1v) is 8.71. The van der Waals surface area contributed by atoms with E-state index in [-0.39, 0.29) is 12.3 Å². The van der Waals surface area contributed by atoms with Crippen LogP contribution in [0.1, 0.15) is 44.1 Å². The van der Waals surface area contributed by atoms with Crippen LogP contribution in [-0.4, -0.2) is 34.5 Å². The number of carbonyl (C=O) groups is 2. The molecule has 1 heterocycles. The zero-order valence-electron chi connectivity index (χ0n) is 13.5. The molecule has 2 fully saturated rings. The number of rotatable bonds is 5. The monoisotopic (exact) mass is 315 g/mol. The van der Waals surface area contributed by atoms with Crippen LogP contribution >= 0.6 is 0 Å². The molecular weight excluding hydrogens is 290 g/mol. The number of carboxylic acid groups (broad SMARTS) is 1. The molecule has 0 radical (unpaired) electrons. The van der Waals surface area contributed by atoms with Gasteiger partial charge in [-0.25, -0.2) is 0 Å². The highest BCUT2D eigenvalue weighted by atomic mass is 16.4. The van der Waals surface area contributed by atoms with Crippen molar-refractivity contribution in [2.75, 3.05) is 6.54 Å². The van der Waals surface area contributed by atoms with Gasteiger partial charge in [0.05, 0.1) is 5.92 Å². The molecular formula is C19H25NO3. The first-order chi connectivity index (χ1) is 11.1. The van der Waals surface area contributed by atoms with Crippen molar-refractivity contribution >= 4 is 11.9 Å². The molecule has 0 spiro atoms. The Bertz CT molecular complexity index is 557. The number of aliphatic carboxylic acids is 1. The van der Waals surface area contributed by atoms with Crippen LogP contribution in [0.5, 0.6) is 0 Å². The highest BCUT2D eigenvalue weighted by molar-refractivity contribution is 5.83. The van der Waals surface area contributed by atoms with E-state index in [4.69, 9.17) is 0 Å². The fourth-order valence-electron chi connectivity index (χ4n) is 4.19. The minimum absolute atomic E-state index is 0.0303. The van der Waals surface area contributed by atoms with Crippen molar-refractivity contribution in [1.29, 1.82) is 0 Å². The van der Waals surface area contributed by atoms with Crippen LogP contribution in [0, 0.1) is 11.8 Å². The number of carbonyl (C=O) groups excluding carboxylic acids is 1. The third kappa shape index (κ3) is 3.74. The van der Waals surface area contributed by atoms with E-state index in [0.717, 1.165) is 24.9 Å². The van der Waals surface area contributed by atoms with Gasteiger partial charge in [-0.05, 0) is 37.2 Å². The molecule has 3 rings (SSSR count). The average molecular weight is 315 g/mol. The van der Waals surface area contributed by atoms with E-state index in [9.17, 15) is 14.7 Å². The van der Waals surface area contributed by atoms with Crippen molar-refractivity contribution in [3.05, 3.63) is 35.9 Å². The average Bonchev–Trinajstić information content (AvgIpc) is 2.99. The molecule has 1 aromatic rings. The molecule has 1 saturated heterocycles. The van der Waals surface area contributed by atoms with Crippen LogP contribution < -0.4 is 0 Å². The number of hydrogen-bond donors (Lipinski definition) is 1. The normalized spacial score (nSPS) is 25.0. The summed E-state index contributed by atoms with van der Waals surface area (Å²) in [5, 5.41) is 9.49. The molecule has 1 aliphatic heterocycles. The molecule has 3 atom stereocenters. The van der Waals surface area contributed by atoms with Crippen molar-refractivity contribution in [1.82, 2.24) is 4.90 Å². The third-order valence-electron chi connectivity index (χ3n) is 5.43. The Labute approximate surface area is 137 Å². The van der Waals surface area contributed by atoms with Gasteiger partial charge in [0.15, 0.2) is 0 Å². The van der Waals surface area contributed by atoms with Gasteiger partial charge in [0.1, 0.15) is 0 Å². The summed E-state index contributed by atoms with van der Waals surface area (Å²) >= 11 is 0. The first kappa shape index (κ1) is 16.0. The Hall–Kier alpha value is -1.84. The molecule has 1 amide bonds. The molecule has 4 nitrogen and oxygen atoms in total. The van der Waals surface area contributed by atoms with E-state index in [2.05, 4.69) is 0 Å². The maximum atomic E-state index is 12.7. The highest BCUT2D eigenvalue weighted by Crippen LogP contribution is 2.36. The van der Waals surface area contributed by atoms with E-state index in [0.29, 0.717) is 18.4 Å². The largest absolute Gasteiger partial charge is 0.481 e. The maximum Gasteiger partial charge on any atom is 0.307 e.